The number of methoxy groups -OCH3 is 1. The third kappa shape index (κ3) is 4.53. The first kappa shape index (κ1) is 19.1. The molecule has 1 amide bonds. The smallest absolute Gasteiger partial charge is 0.307 e. The summed E-state index contributed by atoms with van der Waals surface area (Å²) >= 11 is 0. The molecule has 142 valence electrons. The normalized spacial score (nSPS) is 14.8. The second-order valence-corrected chi connectivity index (χ2v) is 7.95. The number of fused-ring (bicyclic) bond motifs is 1. The van der Waals surface area contributed by atoms with Crippen molar-refractivity contribution in [2.75, 3.05) is 12.4 Å². The summed E-state index contributed by atoms with van der Waals surface area (Å²) in [6.07, 6.45) is 0.675. The fourth-order valence-corrected chi connectivity index (χ4v) is 4.22. The van der Waals surface area contributed by atoms with Crippen LogP contribution in [0.15, 0.2) is 53.4 Å². The van der Waals surface area contributed by atoms with Crippen LogP contribution in [0.4, 0.5) is 5.69 Å². The van der Waals surface area contributed by atoms with Crippen LogP contribution in [0.25, 0.3) is 0 Å². The van der Waals surface area contributed by atoms with E-state index in [9.17, 15) is 18.0 Å². The molecule has 0 spiro atoms. The van der Waals surface area contributed by atoms with Crippen LogP contribution in [-0.4, -0.2) is 27.4 Å². The van der Waals surface area contributed by atoms with Gasteiger partial charge in [-0.25, -0.2) is 13.1 Å². The molecule has 0 saturated carbocycles. The quantitative estimate of drug-likeness (QED) is 0.739. The Morgan fingerprint density at radius 2 is 1.93 bits per heavy atom. The minimum atomic E-state index is -3.88. The SMILES string of the molecule is COC(=O)C[C@@H](NS(=O)(=O)c1ccc2c(c1)CCC(=O)N2)c1ccccc1. The Morgan fingerprint density at radius 1 is 1.19 bits per heavy atom. The molecule has 0 aromatic heterocycles. The van der Waals surface area contributed by atoms with E-state index < -0.39 is 22.0 Å². The topological polar surface area (TPSA) is 102 Å². The van der Waals surface area contributed by atoms with E-state index in [0.717, 1.165) is 5.56 Å². The number of esters is 1. The highest BCUT2D eigenvalue weighted by Gasteiger charge is 2.25. The number of hydrogen-bond donors (Lipinski definition) is 2. The van der Waals surface area contributed by atoms with Crippen molar-refractivity contribution in [2.24, 2.45) is 0 Å². The molecule has 0 aliphatic carbocycles. The lowest BCUT2D eigenvalue weighted by Gasteiger charge is -2.20. The first-order valence-corrected chi connectivity index (χ1v) is 9.94. The average molecular weight is 388 g/mol. The maximum atomic E-state index is 12.9. The van der Waals surface area contributed by atoms with Crippen molar-refractivity contribution in [3.8, 4) is 0 Å². The summed E-state index contributed by atoms with van der Waals surface area (Å²) < 4.78 is 33.1. The molecule has 1 aliphatic rings. The van der Waals surface area contributed by atoms with E-state index in [1.807, 2.05) is 6.07 Å². The number of anilines is 1. The molecule has 0 fully saturated rings. The van der Waals surface area contributed by atoms with Gasteiger partial charge in [0.05, 0.1) is 24.5 Å². The molecular formula is C19H20N2O5S. The lowest BCUT2D eigenvalue weighted by Crippen LogP contribution is -2.31. The molecular weight excluding hydrogens is 368 g/mol. The van der Waals surface area contributed by atoms with Gasteiger partial charge in [-0.2, -0.15) is 0 Å². The number of aryl methyl sites for hydroxylation is 1. The van der Waals surface area contributed by atoms with E-state index >= 15 is 0 Å². The van der Waals surface area contributed by atoms with Crippen LogP contribution in [-0.2, 0) is 30.8 Å². The summed E-state index contributed by atoms with van der Waals surface area (Å²) in [6.45, 7) is 0. The third-order valence-corrected chi connectivity index (χ3v) is 5.85. The number of rotatable bonds is 6. The molecule has 0 unspecified atom stereocenters. The van der Waals surface area contributed by atoms with Crippen molar-refractivity contribution in [3.63, 3.8) is 0 Å². The highest BCUT2D eigenvalue weighted by Crippen LogP contribution is 2.27. The van der Waals surface area contributed by atoms with Gasteiger partial charge in [0.2, 0.25) is 15.9 Å². The summed E-state index contributed by atoms with van der Waals surface area (Å²) in [6, 6.07) is 12.7. The number of hydrogen-bond acceptors (Lipinski definition) is 5. The average Bonchev–Trinajstić information content (AvgIpc) is 2.67. The molecule has 1 atom stereocenters. The Morgan fingerprint density at radius 3 is 2.63 bits per heavy atom. The second kappa shape index (κ2) is 7.89. The Bertz CT molecular complexity index is 957. The van der Waals surface area contributed by atoms with Crippen LogP contribution in [0.5, 0.6) is 0 Å². The molecule has 7 nitrogen and oxygen atoms in total. The second-order valence-electron chi connectivity index (χ2n) is 6.23. The van der Waals surface area contributed by atoms with Gasteiger partial charge in [-0.1, -0.05) is 30.3 Å². The number of sulfonamides is 1. The van der Waals surface area contributed by atoms with E-state index in [2.05, 4.69) is 10.0 Å². The maximum Gasteiger partial charge on any atom is 0.307 e. The molecule has 0 saturated heterocycles. The van der Waals surface area contributed by atoms with Gasteiger partial charge in [-0.15, -0.1) is 0 Å². The van der Waals surface area contributed by atoms with Gasteiger partial charge in [0.15, 0.2) is 0 Å². The van der Waals surface area contributed by atoms with E-state index in [4.69, 9.17) is 4.74 Å². The fraction of sp³-hybridized carbons (Fsp3) is 0.263. The highest BCUT2D eigenvalue weighted by molar-refractivity contribution is 7.89. The molecule has 2 N–H and O–H groups in total. The summed E-state index contributed by atoms with van der Waals surface area (Å²) in [4.78, 5) is 23.3. The third-order valence-electron chi connectivity index (χ3n) is 4.38. The van der Waals surface area contributed by atoms with Crippen LogP contribution in [0.1, 0.15) is 30.0 Å². The molecule has 8 heteroatoms. The minimum absolute atomic E-state index is 0.0848. The lowest BCUT2D eigenvalue weighted by atomic mass is 10.0. The van der Waals surface area contributed by atoms with Crippen LogP contribution in [0.2, 0.25) is 0 Å². The molecule has 2 aromatic carbocycles. The Hall–Kier alpha value is -2.71. The molecule has 1 aliphatic heterocycles. The van der Waals surface area contributed by atoms with Crippen LogP contribution >= 0.6 is 0 Å². The lowest BCUT2D eigenvalue weighted by molar-refractivity contribution is -0.141. The van der Waals surface area contributed by atoms with E-state index in [1.165, 1.54) is 13.2 Å². The Labute approximate surface area is 157 Å². The zero-order valence-electron chi connectivity index (χ0n) is 14.8. The minimum Gasteiger partial charge on any atom is -0.469 e. The number of ether oxygens (including phenoxy) is 1. The van der Waals surface area contributed by atoms with Crippen molar-refractivity contribution < 1.29 is 22.7 Å². The predicted octanol–water partition coefficient (Wildman–Crippen LogP) is 2.15. The van der Waals surface area contributed by atoms with Gasteiger partial charge in [0.1, 0.15) is 0 Å². The summed E-state index contributed by atoms with van der Waals surface area (Å²) in [5, 5.41) is 2.72. The summed E-state index contributed by atoms with van der Waals surface area (Å²) in [7, 11) is -2.62. The molecule has 27 heavy (non-hydrogen) atoms. The van der Waals surface area contributed by atoms with Gasteiger partial charge in [0, 0.05) is 12.1 Å². The predicted molar refractivity (Wildman–Crippen MR) is 99.5 cm³/mol. The zero-order valence-corrected chi connectivity index (χ0v) is 15.6. The van der Waals surface area contributed by atoms with Crippen LogP contribution in [0, 0.1) is 0 Å². The van der Waals surface area contributed by atoms with Gasteiger partial charge >= 0.3 is 5.97 Å². The van der Waals surface area contributed by atoms with E-state index in [1.54, 1.807) is 36.4 Å². The van der Waals surface area contributed by atoms with Crippen LogP contribution < -0.4 is 10.0 Å². The molecule has 0 radical (unpaired) electrons. The van der Waals surface area contributed by atoms with Crippen molar-refractivity contribution in [3.05, 3.63) is 59.7 Å². The number of amides is 1. The molecule has 1 heterocycles. The van der Waals surface area contributed by atoms with Gasteiger partial charge in [-0.05, 0) is 35.7 Å². The maximum absolute atomic E-state index is 12.9. The fourth-order valence-electron chi connectivity index (χ4n) is 2.95. The summed E-state index contributed by atoms with van der Waals surface area (Å²) in [5.41, 5.74) is 2.05. The van der Waals surface area contributed by atoms with Crippen molar-refractivity contribution in [1.29, 1.82) is 0 Å². The number of carbonyl (C=O) groups excluding carboxylic acids is 2. The first-order valence-electron chi connectivity index (χ1n) is 8.46. The van der Waals surface area contributed by atoms with Crippen molar-refractivity contribution >= 4 is 27.6 Å². The van der Waals surface area contributed by atoms with Crippen molar-refractivity contribution in [2.45, 2.75) is 30.2 Å². The standard InChI is InChI=1S/C19H20N2O5S/c1-26-19(23)12-17(13-5-3-2-4-6-13)21-27(24,25)15-8-9-16-14(11-15)7-10-18(22)20-16/h2-6,8-9,11,17,21H,7,10,12H2,1H3,(H,20,22)/t17-/m1/s1. The van der Waals surface area contributed by atoms with Gasteiger partial charge in [0.25, 0.3) is 0 Å². The Kier molecular flexibility index (Phi) is 5.57. The van der Waals surface area contributed by atoms with Gasteiger partial charge in [-0.3, -0.25) is 9.59 Å². The monoisotopic (exact) mass is 388 g/mol. The number of nitrogens with one attached hydrogen (secondary N) is 2. The summed E-state index contributed by atoms with van der Waals surface area (Å²) in [5.74, 6) is -0.599. The largest absolute Gasteiger partial charge is 0.469 e. The van der Waals surface area contributed by atoms with Crippen molar-refractivity contribution in [1.82, 2.24) is 4.72 Å². The molecule has 2 aromatic rings. The van der Waals surface area contributed by atoms with E-state index in [-0.39, 0.29) is 17.2 Å². The van der Waals surface area contributed by atoms with E-state index in [0.29, 0.717) is 24.1 Å². The Balaban J connectivity index is 1.88. The van der Waals surface area contributed by atoms with Crippen LogP contribution in [0.3, 0.4) is 0 Å². The highest BCUT2D eigenvalue weighted by atomic mass is 32.2. The number of benzene rings is 2. The number of carbonyl (C=O) groups is 2. The zero-order chi connectivity index (χ0) is 19.4. The van der Waals surface area contributed by atoms with Gasteiger partial charge < -0.3 is 10.1 Å². The first-order chi connectivity index (χ1) is 12.9. The molecule has 3 rings (SSSR count). The molecule has 0 bridgehead atoms.